The van der Waals surface area contributed by atoms with Crippen LogP contribution in [0.15, 0.2) is 60.7 Å². The Balaban J connectivity index is 0.00000124. The first-order valence-electron chi connectivity index (χ1n) is 25.1. The molecule has 0 aliphatic heterocycles. The first-order valence-corrected chi connectivity index (χ1v) is 25.1. The molecule has 2 atom stereocenters. The number of unbranched alkanes of at least 4 members (excludes halogenated alkanes) is 20. The van der Waals surface area contributed by atoms with Crippen molar-refractivity contribution < 1.29 is 48.3 Å². The summed E-state index contributed by atoms with van der Waals surface area (Å²) in [7, 11) is 0. The van der Waals surface area contributed by atoms with E-state index in [9.17, 15) is 29.4 Å². The maximum Gasteiger partial charge on any atom is 2.00 e. The van der Waals surface area contributed by atoms with E-state index in [2.05, 4.69) is 24.3 Å². The van der Waals surface area contributed by atoms with Crippen LogP contribution in [-0.2, 0) is 51.3 Å². The van der Waals surface area contributed by atoms with Crippen molar-refractivity contribution in [1.29, 1.82) is 0 Å². The molecule has 2 aromatic carbocycles. The number of carbonyl (C=O) groups is 4. The van der Waals surface area contributed by atoms with E-state index in [1.54, 1.807) is 0 Å². The summed E-state index contributed by atoms with van der Waals surface area (Å²) in [5, 5.41) is 20.8. The van der Waals surface area contributed by atoms with Crippen LogP contribution in [0.3, 0.4) is 0 Å². The molecule has 0 fully saturated rings. The summed E-state index contributed by atoms with van der Waals surface area (Å²) in [6.45, 7) is 6.01. The maximum atomic E-state index is 11.4. The number of esters is 2. The third kappa shape index (κ3) is 45.4. The number of carbonyl (C=O) groups excluding carboxylic acids is 4. The molecule has 2 unspecified atom stereocenters. The van der Waals surface area contributed by atoms with E-state index in [1.165, 1.54) is 76.3 Å². The second-order valence-electron chi connectivity index (χ2n) is 17.4. The van der Waals surface area contributed by atoms with Gasteiger partial charge in [-0.2, -0.15) is 0 Å². The molecular formula is C54H86BaO10. The number of carboxylic acid groups (broad SMARTS) is 2. The van der Waals surface area contributed by atoms with Gasteiger partial charge < -0.3 is 38.7 Å². The third-order valence-electron chi connectivity index (χ3n) is 11.3. The van der Waals surface area contributed by atoms with Gasteiger partial charge in [-0.15, -0.1) is 0 Å². The molecule has 0 N–H and O–H groups in total. The van der Waals surface area contributed by atoms with Crippen LogP contribution < -0.4 is 10.2 Å². The molecule has 0 aliphatic carbocycles. The summed E-state index contributed by atoms with van der Waals surface area (Å²) in [6.07, 6.45) is 30.2. The molecule has 0 aliphatic rings. The van der Waals surface area contributed by atoms with Crippen LogP contribution in [0.4, 0.5) is 0 Å². The Morgan fingerprint density at radius 1 is 0.400 bits per heavy atom. The molecule has 11 heteroatoms. The van der Waals surface area contributed by atoms with Gasteiger partial charge in [-0.1, -0.05) is 163 Å². The number of carboxylic acids is 2. The van der Waals surface area contributed by atoms with Crippen LogP contribution >= 0.6 is 0 Å². The summed E-state index contributed by atoms with van der Waals surface area (Å²) in [5.74, 6) is -2.29. The van der Waals surface area contributed by atoms with Crippen LogP contribution in [0.1, 0.15) is 218 Å². The molecule has 364 valence electrons. The molecule has 0 amide bonds. The zero-order chi connectivity index (χ0) is 46.6. The van der Waals surface area contributed by atoms with Crippen LogP contribution in [-0.4, -0.2) is 98.2 Å². The second kappa shape index (κ2) is 46.9. The Kier molecular flexibility index (Phi) is 45.3. The Labute approximate surface area is 434 Å². The van der Waals surface area contributed by atoms with E-state index in [-0.39, 0.29) is 85.9 Å². The standard InChI is InChI=1S/2C27H44O5.Ba/c2*1-24(28)32-26(19-13-6-2-3-8-15-21-27(29)30)20-14-7-4-5-9-16-22-31-23-25-17-11-10-12-18-25;/h2*10-12,17-18,26H,2-9,13-16,19-23H2,1H3,(H,29,30);/q;;+2/p-2. The van der Waals surface area contributed by atoms with E-state index < -0.39 is 11.9 Å². The number of hydrogen-bond donors (Lipinski definition) is 0. The number of rotatable bonds is 42. The van der Waals surface area contributed by atoms with Crippen molar-refractivity contribution in [1.82, 2.24) is 0 Å². The second-order valence-corrected chi connectivity index (χ2v) is 17.4. The minimum Gasteiger partial charge on any atom is -0.550 e. The van der Waals surface area contributed by atoms with E-state index in [4.69, 9.17) is 18.9 Å². The van der Waals surface area contributed by atoms with Crippen LogP contribution in [0.25, 0.3) is 0 Å². The fraction of sp³-hybridized carbons (Fsp3) is 0.704. The molecule has 0 aromatic heterocycles. The molecule has 0 radical (unpaired) electrons. The Morgan fingerprint density at radius 3 is 0.938 bits per heavy atom. The van der Waals surface area contributed by atoms with Crippen molar-refractivity contribution in [2.24, 2.45) is 0 Å². The Bertz CT molecular complexity index is 1290. The Morgan fingerprint density at radius 2 is 0.662 bits per heavy atom. The molecule has 0 saturated heterocycles. The first kappa shape index (κ1) is 62.8. The van der Waals surface area contributed by atoms with Crippen LogP contribution in [0, 0.1) is 0 Å². The fourth-order valence-electron chi connectivity index (χ4n) is 7.79. The van der Waals surface area contributed by atoms with Gasteiger partial charge in [0.15, 0.2) is 0 Å². The average Bonchev–Trinajstić information content (AvgIpc) is 3.26. The molecular weight excluding hydrogens is 946 g/mol. The number of benzene rings is 2. The van der Waals surface area contributed by atoms with E-state index >= 15 is 0 Å². The average molecular weight is 1030 g/mol. The third-order valence-corrected chi connectivity index (χ3v) is 11.3. The molecule has 0 bridgehead atoms. The van der Waals surface area contributed by atoms with E-state index in [0.717, 1.165) is 129 Å². The van der Waals surface area contributed by atoms with Gasteiger partial charge in [-0.25, -0.2) is 0 Å². The molecule has 2 aromatic rings. The SMILES string of the molecule is CC(=O)OC(CCCCCCCCOCc1ccccc1)CCCCCCCCC(=O)[O-].CC(=O)OC(CCCCCCCCOCc1ccccc1)CCCCCCCCC(=O)[O-].[Ba+2]. The molecule has 10 nitrogen and oxygen atoms in total. The van der Waals surface area contributed by atoms with Gasteiger partial charge in [0.1, 0.15) is 12.2 Å². The summed E-state index contributed by atoms with van der Waals surface area (Å²) < 4.78 is 22.5. The number of ether oxygens (including phenoxy) is 4. The van der Waals surface area contributed by atoms with Crippen LogP contribution in [0.2, 0.25) is 0 Å². The molecule has 0 heterocycles. The summed E-state index contributed by atoms with van der Waals surface area (Å²) in [4.78, 5) is 43.5. The van der Waals surface area contributed by atoms with Gasteiger partial charge in [0, 0.05) is 39.0 Å². The Hall–Kier alpha value is -2.19. The molecule has 0 saturated carbocycles. The summed E-state index contributed by atoms with van der Waals surface area (Å²) >= 11 is 0. The first-order chi connectivity index (χ1) is 31.2. The molecule has 65 heavy (non-hydrogen) atoms. The van der Waals surface area contributed by atoms with Gasteiger partial charge in [0.2, 0.25) is 0 Å². The smallest absolute Gasteiger partial charge is 0.550 e. The predicted molar refractivity (Wildman–Crippen MR) is 258 cm³/mol. The monoisotopic (exact) mass is 1030 g/mol. The predicted octanol–water partition coefficient (Wildman–Crippen LogP) is 11.1. The fourth-order valence-corrected chi connectivity index (χ4v) is 7.79. The van der Waals surface area contributed by atoms with Crippen molar-refractivity contribution in [2.75, 3.05) is 13.2 Å². The van der Waals surface area contributed by atoms with Gasteiger partial charge >= 0.3 is 60.8 Å². The zero-order valence-corrected chi connectivity index (χ0v) is 45.2. The van der Waals surface area contributed by atoms with Crippen molar-refractivity contribution in [3.05, 3.63) is 71.8 Å². The van der Waals surface area contributed by atoms with E-state index in [0.29, 0.717) is 26.1 Å². The maximum absolute atomic E-state index is 11.4. The number of aliphatic carboxylic acids is 2. The minimum absolute atomic E-state index is 0. The van der Waals surface area contributed by atoms with Crippen LogP contribution in [0.5, 0.6) is 0 Å². The van der Waals surface area contributed by atoms with Crippen molar-refractivity contribution in [3.8, 4) is 0 Å². The largest absolute Gasteiger partial charge is 2.00 e. The number of hydrogen-bond acceptors (Lipinski definition) is 10. The van der Waals surface area contributed by atoms with Crippen molar-refractivity contribution in [3.63, 3.8) is 0 Å². The normalized spacial score (nSPS) is 11.7. The minimum atomic E-state index is -0.956. The zero-order valence-electron chi connectivity index (χ0n) is 40.8. The van der Waals surface area contributed by atoms with Gasteiger partial charge in [-0.3, -0.25) is 9.59 Å². The molecule has 2 rings (SSSR count). The van der Waals surface area contributed by atoms with Gasteiger partial charge in [0.25, 0.3) is 0 Å². The van der Waals surface area contributed by atoms with Crippen molar-refractivity contribution >= 4 is 72.8 Å². The summed E-state index contributed by atoms with van der Waals surface area (Å²) in [6, 6.07) is 20.6. The summed E-state index contributed by atoms with van der Waals surface area (Å²) in [5.41, 5.74) is 2.45. The van der Waals surface area contributed by atoms with Gasteiger partial charge in [0.05, 0.1) is 13.2 Å². The van der Waals surface area contributed by atoms with Crippen molar-refractivity contribution in [2.45, 2.75) is 232 Å². The van der Waals surface area contributed by atoms with E-state index in [1.807, 2.05) is 36.4 Å². The molecule has 0 spiro atoms. The topological polar surface area (TPSA) is 151 Å². The quantitative estimate of drug-likeness (QED) is 0.0357. The van der Waals surface area contributed by atoms with Gasteiger partial charge in [-0.05, 0) is 101 Å².